The van der Waals surface area contributed by atoms with Gasteiger partial charge < -0.3 is 4.90 Å². The normalized spacial score (nSPS) is 13.3. The summed E-state index contributed by atoms with van der Waals surface area (Å²) in [5, 5.41) is 0. The second-order valence-electron chi connectivity index (χ2n) is 5.09. The molecule has 0 aliphatic heterocycles. The van der Waals surface area contributed by atoms with Gasteiger partial charge in [-0.3, -0.25) is 0 Å². The molecule has 1 unspecified atom stereocenters. The Morgan fingerprint density at radius 1 is 0.750 bits per heavy atom. The maximum atomic E-state index is 2.72. The molecule has 0 N–H and O–H groups in total. The number of hydrogen-bond donors (Lipinski definition) is 0. The monoisotopic (exact) mass is 227 g/mol. The number of hydrogen-bond acceptors (Lipinski definition) is 1. The Hall–Kier alpha value is -0.0400. The van der Waals surface area contributed by atoms with E-state index >= 15 is 0 Å². The van der Waals surface area contributed by atoms with Crippen LogP contribution in [0, 0.1) is 0 Å². The van der Waals surface area contributed by atoms with E-state index in [4.69, 9.17) is 0 Å². The van der Waals surface area contributed by atoms with Gasteiger partial charge >= 0.3 is 0 Å². The molecule has 0 aromatic rings. The van der Waals surface area contributed by atoms with E-state index in [1.165, 1.54) is 64.5 Å². The molecule has 0 fully saturated rings. The number of unbranched alkanes of at least 4 members (excludes halogenated alkanes) is 4. The predicted octanol–water partition coefficient (Wildman–Crippen LogP) is 4.86. The van der Waals surface area contributed by atoms with Crippen LogP contribution in [-0.2, 0) is 0 Å². The molecular weight excluding hydrogens is 194 g/mol. The maximum absolute atomic E-state index is 2.72. The van der Waals surface area contributed by atoms with Crippen LogP contribution in [0.2, 0.25) is 0 Å². The molecule has 16 heavy (non-hydrogen) atoms. The summed E-state index contributed by atoms with van der Waals surface area (Å²) >= 11 is 0. The van der Waals surface area contributed by atoms with Gasteiger partial charge in [0.1, 0.15) is 0 Å². The minimum absolute atomic E-state index is 0.790. The van der Waals surface area contributed by atoms with E-state index in [2.05, 4.69) is 32.6 Å². The fraction of sp³-hybridized carbons (Fsp3) is 1.00. The quantitative estimate of drug-likeness (QED) is 0.456. The van der Waals surface area contributed by atoms with Crippen LogP contribution in [0.1, 0.15) is 79.1 Å². The number of nitrogens with zero attached hydrogens (tertiary/aromatic N) is 1. The molecule has 1 atom stereocenters. The van der Waals surface area contributed by atoms with Crippen LogP contribution < -0.4 is 0 Å². The van der Waals surface area contributed by atoms with Gasteiger partial charge in [0.2, 0.25) is 0 Å². The lowest BCUT2D eigenvalue weighted by Gasteiger charge is -2.29. The standard InChI is InChI=1S/C15H33N/c1-5-8-10-13-16(14-11-9-6-2)15(4)12-7-3/h15H,5-14H2,1-4H3. The topological polar surface area (TPSA) is 3.24 Å². The van der Waals surface area contributed by atoms with Crippen molar-refractivity contribution in [2.75, 3.05) is 13.1 Å². The van der Waals surface area contributed by atoms with Gasteiger partial charge in [0.05, 0.1) is 0 Å². The molecule has 1 heteroatoms. The van der Waals surface area contributed by atoms with Crippen molar-refractivity contribution in [3.8, 4) is 0 Å². The van der Waals surface area contributed by atoms with E-state index in [-0.39, 0.29) is 0 Å². The van der Waals surface area contributed by atoms with E-state index in [1.54, 1.807) is 0 Å². The molecule has 0 rings (SSSR count). The van der Waals surface area contributed by atoms with Gasteiger partial charge in [0.15, 0.2) is 0 Å². The highest BCUT2D eigenvalue weighted by atomic mass is 15.1. The first-order valence-electron chi connectivity index (χ1n) is 7.50. The molecule has 0 aromatic heterocycles. The Bertz CT molecular complexity index is 123. The average Bonchev–Trinajstić information content (AvgIpc) is 2.28. The second-order valence-corrected chi connectivity index (χ2v) is 5.09. The first-order valence-corrected chi connectivity index (χ1v) is 7.50. The zero-order chi connectivity index (χ0) is 12.2. The fourth-order valence-electron chi connectivity index (χ4n) is 2.28. The van der Waals surface area contributed by atoms with E-state index < -0.39 is 0 Å². The van der Waals surface area contributed by atoms with Crippen molar-refractivity contribution in [3.63, 3.8) is 0 Å². The Kier molecular flexibility index (Phi) is 11.4. The summed E-state index contributed by atoms with van der Waals surface area (Å²) in [6.07, 6.45) is 10.9. The maximum Gasteiger partial charge on any atom is 0.00668 e. The second kappa shape index (κ2) is 11.4. The van der Waals surface area contributed by atoms with Crippen molar-refractivity contribution in [1.82, 2.24) is 4.90 Å². The molecule has 0 spiro atoms. The minimum atomic E-state index is 0.790. The Labute approximate surface area is 104 Å². The summed E-state index contributed by atoms with van der Waals surface area (Å²) in [4.78, 5) is 2.72. The van der Waals surface area contributed by atoms with Gasteiger partial charge in [0, 0.05) is 6.04 Å². The van der Waals surface area contributed by atoms with E-state index in [1.807, 2.05) is 0 Å². The largest absolute Gasteiger partial charge is 0.301 e. The highest BCUT2D eigenvalue weighted by Gasteiger charge is 2.11. The van der Waals surface area contributed by atoms with Crippen molar-refractivity contribution < 1.29 is 0 Å². The zero-order valence-corrected chi connectivity index (χ0v) is 12.1. The summed E-state index contributed by atoms with van der Waals surface area (Å²) in [5.41, 5.74) is 0. The predicted molar refractivity (Wildman–Crippen MR) is 75.0 cm³/mol. The van der Waals surface area contributed by atoms with Crippen molar-refractivity contribution in [2.45, 2.75) is 85.1 Å². The fourth-order valence-corrected chi connectivity index (χ4v) is 2.28. The molecule has 0 aliphatic carbocycles. The van der Waals surface area contributed by atoms with Crippen molar-refractivity contribution in [1.29, 1.82) is 0 Å². The van der Waals surface area contributed by atoms with Crippen LogP contribution in [0.5, 0.6) is 0 Å². The highest BCUT2D eigenvalue weighted by molar-refractivity contribution is 4.67. The first kappa shape index (κ1) is 16.0. The third kappa shape index (κ3) is 8.15. The van der Waals surface area contributed by atoms with Gasteiger partial charge in [-0.1, -0.05) is 52.9 Å². The molecule has 0 saturated heterocycles. The first-order chi connectivity index (χ1) is 7.76. The van der Waals surface area contributed by atoms with E-state index in [9.17, 15) is 0 Å². The summed E-state index contributed by atoms with van der Waals surface area (Å²) in [7, 11) is 0. The van der Waals surface area contributed by atoms with Gasteiger partial charge in [-0.05, 0) is 39.3 Å². The Morgan fingerprint density at radius 2 is 1.25 bits per heavy atom. The Morgan fingerprint density at radius 3 is 1.62 bits per heavy atom. The third-order valence-electron chi connectivity index (χ3n) is 3.43. The molecule has 0 saturated carbocycles. The molecule has 0 aliphatic rings. The van der Waals surface area contributed by atoms with Crippen molar-refractivity contribution >= 4 is 0 Å². The van der Waals surface area contributed by atoms with Gasteiger partial charge in [-0.2, -0.15) is 0 Å². The smallest absolute Gasteiger partial charge is 0.00668 e. The van der Waals surface area contributed by atoms with Crippen LogP contribution in [-0.4, -0.2) is 24.0 Å². The Balaban J connectivity index is 3.84. The molecule has 0 amide bonds. The summed E-state index contributed by atoms with van der Waals surface area (Å²) in [6.45, 7) is 11.9. The van der Waals surface area contributed by atoms with Crippen LogP contribution in [0.15, 0.2) is 0 Å². The molecule has 0 aromatic carbocycles. The molecule has 0 bridgehead atoms. The molecular formula is C15H33N. The summed E-state index contributed by atoms with van der Waals surface area (Å²) in [5.74, 6) is 0. The van der Waals surface area contributed by atoms with Crippen LogP contribution in [0.3, 0.4) is 0 Å². The van der Waals surface area contributed by atoms with E-state index in [0.717, 1.165) is 6.04 Å². The van der Waals surface area contributed by atoms with Gasteiger partial charge in [-0.15, -0.1) is 0 Å². The van der Waals surface area contributed by atoms with Crippen LogP contribution >= 0.6 is 0 Å². The van der Waals surface area contributed by atoms with Gasteiger partial charge in [-0.25, -0.2) is 0 Å². The zero-order valence-electron chi connectivity index (χ0n) is 12.1. The lowest BCUT2D eigenvalue weighted by Crippen LogP contribution is -2.34. The summed E-state index contributed by atoms with van der Waals surface area (Å²) < 4.78 is 0. The minimum Gasteiger partial charge on any atom is -0.301 e. The van der Waals surface area contributed by atoms with Gasteiger partial charge in [0.25, 0.3) is 0 Å². The lowest BCUT2D eigenvalue weighted by molar-refractivity contribution is 0.191. The lowest BCUT2D eigenvalue weighted by atomic mass is 10.1. The van der Waals surface area contributed by atoms with Crippen LogP contribution in [0.25, 0.3) is 0 Å². The average molecular weight is 227 g/mol. The summed E-state index contributed by atoms with van der Waals surface area (Å²) in [6, 6.07) is 0.790. The van der Waals surface area contributed by atoms with Crippen LogP contribution in [0.4, 0.5) is 0 Å². The molecule has 0 radical (unpaired) electrons. The molecule has 0 heterocycles. The van der Waals surface area contributed by atoms with Crippen molar-refractivity contribution in [3.05, 3.63) is 0 Å². The molecule has 1 nitrogen and oxygen atoms in total. The SMILES string of the molecule is CCCCCN(CCCCC)C(C)CCC. The third-order valence-corrected chi connectivity index (χ3v) is 3.43. The van der Waals surface area contributed by atoms with Crippen molar-refractivity contribution in [2.24, 2.45) is 0 Å². The van der Waals surface area contributed by atoms with E-state index in [0.29, 0.717) is 0 Å². The molecule has 98 valence electrons. The highest BCUT2D eigenvalue weighted by Crippen LogP contribution is 2.10. The number of rotatable bonds is 11.